The Balaban J connectivity index is 0.000000817. The third kappa shape index (κ3) is 3.71. The lowest BCUT2D eigenvalue weighted by atomic mass is 9.71. The van der Waals surface area contributed by atoms with Crippen LogP contribution in [0.15, 0.2) is 29.1 Å². The van der Waals surface area contributed by atoms with Crippen molar-refractivity contribution in [2.45, 2.75) is 38.8 Å². The van der Waals surface area contributed by atoms with Crippen LogP contribution < -0.4 is 10.9 Å². The summed E-state index contributed by atoms with van der Waals surface area (Å²) in [5, 5.41) is 2.96. The lowest BCUT2D eigenvalue weighted by Gasteiger charge is -2.41. The molecule has 1 aliphatic rings. The van der Waals surface area contributed by atoms with E-state index in [4.69, 9.17) is 16.3 Å². The largest absolute Gasteiger partial charge is 0.404 e. The van der Waals surface area contributed by atoms with Gasteiger partial charge in [-0.3, -0.25) is 4.79 Å². The van der Waals surface area contributed by atoms with Crippen molar-refractivity contribution in [3.63, 3.8) is 0 Å². The number of alkyl halides is 3. The third-order valence-corrected chi connectivity index (χ3v) is 4.41. The van der Waals surface area contributed by atoms with Crippen LogP contribution in [0.4, 0.5) is 24.5 Å². The van der Waals surface area contributed by atoms with Crippen molar-refractivity contribution < 1.29 is 17.9 Å². The van der Waals surface area contributed by atoms with Crippen LogP contribution in [0, 0.1) is 6.92 Å². The maximum absolute atomic E-state index is 14.3. The Hall–Kier alpha value is -1.99. The molecule has 2 heterocycles. The number of aromatic amines is 1. The lowest BCUT2D eigenvalue weighted by molar-refractivity contribution is -0.190. The summed E-state index contributed by atoms with van der Waals surface area (Å²) in [7, 11) is 1.19. The van der Waals surface area contributed by atoms with E-state index in [-0.39, 0.29) is 27.5 Å². The molecule has 0 radical (unpaired) electrons. The minimum Gasteiger partial charge on any atom is -0.383 e. The fourth-order valence-electron chi connectivity index (χ4n) is 3.17. The summed E-state index contributed by atoms with van der Waals surface area (Å²) in [4.78, 5) is 14.7. The van der Waals surface area contributed by atoms with E-state index in [1.54, 1.807) is 0 Å². The van der Waals surface area contributed by atoms with Crippen molar-refractivity contribution in [3.8, 4) is 0 Å². The monoisotopic (exact) mass is 402 g/mol. The van der Waals surface area contributed by atoms with Crippen molar-refractivity contribution in [1.29, 1.82) is 0 Å². The predicted molar refractivity (Wildman–Crippen MR) is 101 cm³/mol. The summed E-state index contributed by atoms with van der Waals surface area (Å²) in [5.41, 5.74) is -2.97. The summed E-state index contributed by atoms with van der Waals surface area (Å²) in [6.45, 7) is 5.12. The second kappa shape index (κ2) is 7.94. The zero-order valence-electron chi connectivity index (χ0n) is 15.6. The third-order valence-electron chi connectivity index (χ3n) is 4.17. The van der Waals surface area contributed by atoms with Gasteiger partial charge in [-0.1, -0.05) is 31.9 Å². The summed E-state index contributed by atoms with van der Waals surface area (Å²) in [6, 6.07) is 5.47. The molecule has 4 nitrogen and oxygen atoms in total. The molecule has 27 heavy (non-hydrogen) atoms. The van der Waals surface area contributed by atoms with Crippen LogP contribution in [0.1, 0.15) is 37.1 Å². The van der Waals surface area contributed by atoms with E-state index < -0.39 is 23.8 Å². The van der Waals surface area contributed by atoms with E-state index in [1.165, 1.54) is 44.7 Å². The molecular weight excluding hydrogens is 381 g/mol. The Morgan fingerprint density at radius 3 is 2.37 bits per heavy atom. The number of benzene rings is 1. The van der Waals surface area contributed by atoms with E-state index >= 15 is 0 Å². The minimum absolute atomic E-state index is 0.0677. The number of aryl methyl sites for hydroxylation is 1. The van der Waals surface area contributed by atoms with Crippen LogP contribution in [0.5, 0.6) is 0 Å². The highest BCUT2D eigenvalue weighted by Crippen LogP contribution is 2.54. The Morgan fingerprint density at radius 1 is 1.19 bits per heavy atom. The van der Waals surface area contributed by atoms with Gasteiger partial charge in [-0.15, -0.1) is 0 Å². The van der Waals surface area contributed by atoms with Crippen molar-refractivity contribution >= 4 is 23.0 Å². The van der Waals surface area contributed by atoms with Gasteiger partial charge >= 0.3 is 6.18 Å². The smallest absolute Gasteiger partial charge is 0.383 e. The predicted octanol–water partition coefficient (Wildman–Crippen LogP) is 5.30. The number of methoxy groups -OCH3 is 1. The summed E-state index contributed by atoms with van der Waals surface area (Å²) < 4.78 is 47.8. The first-order chi connectivity index (χ1) is 12.6. The normalized spacial score (nSPS) is 17.9. The number of anilines is 2. The van der Waals surface area contributed by atoms with E-state index in [0.717, 1.165) is 0 Å². The number of nitrogens with one attached hydrogen (secondary N) is 2. The van der Waals surface area contributed by atoms with E-state index in [0.29, 0.717) is 5.69 Å². The van der Waals surface area contributed by atoms with Gasteiger partial charge in [0.05, 0.1) is 6.61 Å². The maximum Gasteiger partial charge on any atom is 0.404 e. The number of pyridine rings is 1. The molecule has 0 saturated heterocycles. The van der Waals surface area contributed by atoms with Gasteiger partial charge in [-0.25, -0.2) is 0 Å². The summed E-state index contributed by atoms with van der Waals surface area (Å²) >= 11 is 5.94. The molecule has 0 amide bonds. The molecule has 3 rings (SSSR count). The summed E-state index contributed by atoms with van der Waals surface area (Å²) in [6.07, 6.45) is -3.44. The van der Waals surface area contributed by atoms with Crippen LogP contribution >= 0.6 is 11.6 Å². The number of H-pyrrole nitrogens is 1. The van der Waals surface area contributed by atoms with Crippen LogP contribution in [0.2, 0.25) is 5.02 Å². The molecule has 0 fully saturated rings. The molecule has 148 valence electrons. The Kier molecular flexibility index (Phi) is 6.27. The van der Waals surface area contributed by atoms with Crippen LogP contribution in [-0.4, -0.2) is 24.9 Å². The average molecular weight is 403 g/mol. The molecule has 1 atom stereocenters. The van der Waals surface area contributed by atoms with Crippen LogP contribution in [0.25, 0.3) is 0 Å². The van der Waals surface area contributed by atoms with Crippen molar-refractivity contribution in [3.05, 3.63) is 56.5 Å². The minimum atomic E-state index is -4.69. The van der Waals surface area contributed by atoms with Crippen molar-refractivity contribution in [2.24, 2.45) is 0 Å². The first-order valence-electron chi connectivity index (χ1n) is 8.49. The van der Waals surface area contributed by atoms with Crippen molar-refractivity contribution in [2.75, 3.05) is 19.0 Å². The SMILES string of the molecule is CCC.COCC1(C(F)(F)F)c2cc(Cl)ccc2Nc2c1cc(C)[nH]c2=O. The molecule has 1 aromatic carbocycles. The van der Waals surface area contributed by atoms with E-state index in [1.807, 2.05) is 0 Å². The molecule has 2 N–H and O–H groups in total. The first-order valence-corrected chi connectivity index (χ1v) is 8.87. The highest BCUT2D eigenvalue weighted by atomic mass is 35.5. The lowest BCUT2D eigenvalue weighted by Crippen LogP contribution is -2.50. The second-order valence-electron chi connectivity index (χ2n) is 6.43. The zero-order valence-corrected chi connectivity index (χ0v) is 16.3. The molecular formula is C19H22ClF3N2O2. The van der Waals surface area contributed by atoms with Crippen LogP contribution in [0.3, 0.4) is 0 Å². The van der Waals surface area contributed by atoms with Gasteiger partial charge < -0.3 is 15.0 Å². The fourth-order valence-corrected chi connectivity index (χ4v) is 3.34. The molecule has 0 aliphatic carbocycles. The Bertz CT molecular complexity index is 880. The van der Waals surface area contributed by atoms with Gasteiger partial charge in [-0.2, -0.15) is 13.2 Å². The first kappa shape index (κ1) is 21.3. The molecule has 1 aliphatic heterocycles. The van der Waals surface area contributed by atoms with Gasteiger partial charge in [0.2, 0.25) is 0 Å². The molecule has 8 heteroatoms. The second-order valence-corrected chi connectivity index (χ2v) is 6.86. The highest BCUT2D eigenvalue weighted by molar-refractivity contribution is 6.30. The van der Waals surface area contributed by atoms with Gasteiger partial charge in [0.1, 0.15) is 11.1 Å². The number of hydrogen-bond donors (Lipinski definition) is 2. The number of hydrogen-bond acceptors (Lipinski definition) is 3. The quantitative estimate of drug-likeness (QED) is 0.716. The zero-order chi connectivity index (χ0) is 20.4. The molecule has 2 aromatic rings. The van der Waals surface area contributed by atoms with Crippen molar-refractivity contribution in [1.82, 2.24) is 4.98 Å². The van der Waals surface area contributed by atoms with Gasteiger partial charge in [-0.05, 0) is 36.8 Å². The van der Waals surface area contributed by atoms with Gasteiger partial charge in [0, 0.05) is 29.1 Å². The summed E-state index contributed by atoms with van der Waals surface area (Å²) in [5.74, 6) is 0. The number of halogens is 4. The van der Waals surface area contributed by atoms with E-state index in [2.05, 4.69) is 24.1 Å². The Labute approximate surface area is 160 Å². The molecule has 0 saturated carbocycles. The number of fused-ring (bicyclic) bond motifs is 2. The number of aromatic nitrogens is 1. The molecule has 0 bridgehead atoms. The van der Waals surface area contributed by atoms with Crippen LogP contribution in [-0.2, 0) is 10.2 Å². The highest BCUT2D eigenvalue weighted by Gasteiger charge is 2.61. The molecule has 1 aromatic heterocycles. The number of ether oxygens (including phenoxy) is 1. The van der Waals surface area contributed by atoms with Gasteiger partial charge in [0.15, 0.2) is 0 Å². The molecule has 0 spiro atoms. The number of rotatable bonds is 2. The topological polar surface area (TPSA) is 54.1 Å². The average Bonchev–Trinajstić information content (AvgIpc) is 2.55. The molecule has 1 unspecified atom stereocenters. The fraction of sp³-hybridized carbons (Fsp3) is 0.421. The van der Waals surface area contributed by atoms with E-state index in [9.17, 15) is 18.0 Å². The standard InChI is InChI=1S/C16H14ClF3N2O2.C3H8/c1-8-5-11-13(14(23)21-8)22-12-4-3-9(17)6-10(12)15(11,7-24-2)16(18,19)20;1-3-2/h3-6,22H,7H2,1-2H3,(H,21,23);3H2,1-2H3. The Morgan fingerprint density at radius 2 is 1.81 bits per heavy atom. The maximum atomic E-state index is 14.3. The van der Waals surface area contributed by atoms with Gasteiger partial charge in [0.25, 0.3) is 5.56 Å².